The maximum Gasteiger partial charge on any atom is 0.241 e. The van der Waals surface area contributed by atoms with Gasteiger partial charge in [-0.3, -0.25) is 9.69 Å². The molecule has 1 heterocycles. The second-order valence-electron chi connectivity index (χ2n) is 10.4. The minimum absolute atomic E-state index is 0.151. The number of hydrogen-bond donors (Lipinski definition) is 2. The van der Waals surface area contributed by atoms with E-state index in [9.17, 15) is 10.1 Å². The summed E-state index contributed by atoms with van der Waals surface area (Å²) in [4.78, 5) is 17.6. The van der Waals surface area contributed by atoms with Gasteiger partial charge in [-0.1, -0.05) is 55.0 Å². The summed E-state index contributed by atoms with van der Waals surface area (Å²) in [6.07, 6.45) is 3.71. The fourth-order valence-corrected chi connectivity index (χ4v) is 5.89. The first-order valence-electron chi connectivity index (χ1n) is 12.6. The summed E-state index contributed by atoms with van der Waals surface area (Å²) in [6, 6.07) is 18.8. The average molecular weight is 458 g/mol. The van der Waals surface area contributed by atoms with Gasteiger partial charge in [-0.15, -0.1) is 0 Å². The molecule has 3 unspecified atom stereocenters. The number of fused-ring (bicyclic) bond motifs is 1. The van der Waals surface area contributed by atoms with Gasteiger partial charge in [0.2, 0.25) is 5.91 Å². The van der Waals surface area contributed by atoms with Crippen LogP contribution >= 0.6 is 0 Å². The van der Waals surface area contributed by atoms with E-state index in [1.54, 1.807) is 0 Å². The Hall–Kier alpha value is -2.72. The fraction of sp³-hybridized carbons (Fsp3) is 0.500. The second kappa shape index (κ2) is 9.50. The van der Waals surface area contributed by atoms with Crippen LogP contribution in [-0.2, 0) is 17.8 Å². The van der Waals surface area contributed by atoms with E-state index in [1.807, 2.05) is 12.1 Å². The Balaban J connectivity index is 1.15. The highest BCUT2D eigenvalue weighted by atomic mass is 16.2. The number of hydrogen-bond acceptors (Lipinski definition) is 5. The van der Waals surface area contributed by atoms with Gasteiger partial charge in [0.15, 0.2) is 0 Å². The molecule has 2 aromatic rings. The van der Waals surface area contributed by atoms with E-state index in [2.05, 4.69) is 64.6 Å². The Morgan fingerprint density at radius 1 is 1.03 bits per heavy atom. The maximum absolute atomic E-state index is 12.7. The Bertz CT molecular complexity index is 1040. The van der Waals surface area contributed by atoms with E-state index in [0.29, 0.717) is 18.3 Å². The Kier molecular flexibility index (Phi) is 6.44. The van der Waals surface area contributed by atoms with Gasteiger partial charge in [0.05, 0.1) is 6.07 Å². The van der Waals surface area contributed by atoms with Gasteiger partial charge in [0, 0.05) is 39.1 Å². The van der Waals surface area contributed by atoms with Crippen LogP contribution in [0.4, 0.5) is 0 Å². The summed E-state index contributed by atoms with van der Waals surface area (Å²) in [5.41, 5.74) is 10.3. The standard InChI is InChI=1S/C28H35N5O/c1-32-13-15-33(16-14-32)19-21-7-11-23(12-8-21)22-9-5-20(6-10-22)17-24(18-29)31-27(34)28(30)25-3-2-4-26(25)28/h5-12,24-26H,2-4,13-17,19,30H2,1H3,(H,31,34). The highest BCUT2D eigenvalue weighted by molar-refractivity contribution is 5.91. The van der Waals surface area contributed by atoms with Crippen molar-refractivity contribution < 1.29 is 4.79 Å². The molecule has 3 atom stereocenters. The quantitative estimate of drug-likeness (QED) is 0.668. The second-order valence-corrected chi connectivity index (χ2v) is 10.4. The molecule has 3 aliphatic rings. The van der Waals surface area contributed by atoms with Crippen LogP contribution in [0.2, 0.25) is 0 Å². The van der Waals surface area contributed by atoms with E-state index >= 15 is 0 Å². The van der Waals surface area contributed by atoms with Gasteiger partial charge >= 0.3 is 0 Å². The zero-order chi connectivity index (χ0) is 23.7. The fourth-order valence-electron chi connectivity index (χ4n) is 5.89. The largest absolute Gasteiger partial charge is 0.338 e. The van der Waals surface area contributed by atoms with Gasteiger partial charge in [-0.2, -0.15) is 5.26 Å². The molecule has 0 bridgehead atoms. The predicted octanol–water partition coefficient (Wildman–Crippen LogP) is 2.78. The molecule has 3 fully saturated rings. The first-order chi connectivity index (χ1) is 16.5. The third-order valence-corrected chi connectivity index (χ3v) is 8.17. The van der Waals surface area contributed by atoms with Crippen LogP contribution in [0.3, 0.4) is 0 Å². The molecular formula is C28H35N5O. The summed E-state index contributed by atoms with van der Waals surface area (Å²) < 4.78 is 0. The van der Waals surface area contributed by atoms with Gasteiger partial charge in [-0.05, 0) is 54.0 Å². The molecule has 34 heavy (non-hydrogen) atoms. The van der Waals surface area contributed by atoms with Crippen LogP contribution in [-0.4, -0.2) is 60.5 Å². The Morgan fingerprint density at radius 2 is 1.59 bits per heavy atom. The highest BCUT2D eigenvalue weighted by Gasteiger charge is 2.68. The number of carbonyl (C=O) groups excluding carboxylic acids is 1. The summed E-state index contributed by atoms with van der Waals surface area (Å²) in [5.74, 6) is 0.458. The van der Waals surface area contributed by atoms with E-state index in [4.69, 9.17) is 5.73 Å². The maximum atomic E-state index is 12.7. The lowest BCUT2D eigenvalue weighted by atomic mass is 9.99. The molecule has 0 spiro atoms. The number of piperazine rings is 1. The molecule has 5 rings (SSSR count). The van der Waals surface area contributed by atoms with Crippen molar-refractivity contribution in [2.75, 3.05) is 33.2 Å². The summed E-state index contributed by atoms with van der Waals surface area (Å²) in [5, 5.41) is 12.5. The predicted molar refractivity (Wildman–Crippen MR) is 134 cm³/mol. The van der Waals surface area contributed by atoms with Crippen LogP contribution in [0, 0.1) is 23.2 Å². The third-order valence-electron chi connectivity index (χ3n) is 8.17. The number of rotatable bonds is 7. The molecule has 1 saturated heterocycles. The Morgan fingerprint density at radius 3 is 2.15 bits per heavy atom. The van der Waals surface area contributed by atoms with E-state index < -0.39 is 11.6 Å². The van der Waals surface area contributed by atoms with Crippen molar-refractivity contribution in [3.8, 4) is 17.2 Å². The molecular weight excluding hydrogens is 422 g/mol. The molecule has 6 nitrogen and oxygen atoms in total. The van der Waals surface area contributed by atoms with Crippen LogP contribution in [0.25, 0.3) is 11.1 Å². The molecule has 1 aliphatic heterocycles. The number of likely N-dealkylation sites (N-methyl/N-ethyl adjacent to an activating group) is 1. The first kappa shape index (κ1) is 23.0. The minimum atomic E-state index is -0.742. The smallest absolute Gasteiger partial charge is 0.241 e. The summed E-state index contributed by atoms with van der Waals surface area (Å²) in [6.45, 7) is 5.51. The number of benzene rings is 2. The summed E-state index contributed by atoms with van der Waals surface area (Å²) in [7, 11) is 2.18. The Labute approximate surface area is 202 Å². The van der Waals surface area contributed by atoms with Crippen molar-refractivity contribution in [3.63, 3.8) is 0 Å². The van der Waals surface area contributed by atoms with Crippen molar-refractivity contribution in [2.24, 2.45) is 17.6 Å². The lowest BCUT2D eigenvalue weighted by molar-refractivity contribution is -0.124. The van der Waals surface area contributed by atoms with E-state index in [-0.39, 0.29) is 5.91 Å². The van der Waals surface area contributed by atoms with Crippen LogP contribution in [0.15, 0.2) is 48.5 Å². The molecule has 2 saturated carbocycles. The lowest BCUT2D eigenvalue weighted by Crippen LogP contribution is -2.50. The molecule has 178 valence electrons. The number of nitriles is 1. The number of carbonyl (C=O) groups is 1. The first-order valence-corrected chi connectivity index (χ1v) is 12.6. The number of amides is 1. The van der Waals surface area contributed by atoms with Crippen molar-refractivity contribution >= 4 is 5.91 Å². The zero-order valence-corrected chi connectivity index (χ0v) is 20.0. The summed E-state index contributed by atoms with van der Waals surface area (Å²) >= 11 is 0. The van der Waals surface area contributed by atoms with Gasteiger partial charge in [0.25, 0.3) is 0 Å². The monoisotopic (exact) mass is 457 g/mol. The highest BCUT2D eigenvalue weighted by Crippen LogP contribution is 2.59. The van der Waals surface area contributed by atoms with Crippen LogP contribution in [0.5, 0.6) is 0 Å². The molecule has 3 N–H and O–H groups in total. The van der Waals surface area contributed by atoms with Gasteiger partial charge < -0.3 is 16.0 Å². The molecule has 1 amide bonds. The number of nitrogens with zero attached hydrogens (tertiary/aromatic N) is 3. The lowest BCUT2D eigenvalue weighted by Gasteiger charge is -2.32. The number of nitrogens with one attached hydrogen (secondary N) is 1. The molecule has 2 aliphatic carbocycles. The van der Waals surface area contributed by atoms with Crippen molar-refractivity contribution in [3.05, 3.63) is 59.7 Å². The van der Waals surface area contributed by atoms with Crippen LogP contribution < -0.4 is 11.1 Å². The molecule has 2 aromatic carbocycles. The SMILES string of the molecule is CN1CCN(Cc2ccc(-c3ccc(CC(C#N)NC(=O)C4(N)C5CCCC54)cc3)cc2)CC1. The molecule has 0 aromatic heterocycles. The van der Waals surface area contributed by atoms with E-state index in [1.165, 1.54) is 11.1 Å². The minimum Gasteiger partial charge on any atom is -0.338 e. The van der Waals surface area contributed by atoms with Crippen molar-refractivity contribution in [1.82, 2.24) is 15.1 Å². The average Bonchev–Trinajstić information content (AvgIpc) is 3.19. The van der Waals surface area contributed by atoms with Gasteiger partial charge in [0.1, 0.15) is 11.6 Å². The topological polar surface area (TPSA) is 85.4 Å². The molecule has 6 heteroatoms. The third kappa shape index (κ3) is 4.61. The van der Waals surface area contributed by atoms with Crippen molar-refractivity contribution in [2.45, 2.75) is 43.8 Å². The van der Waals surface area contributed by atoms with E-state index in [0.717, 1.165) is 63.1 Å². The number of nitrogens with two attached hydrogens (primary N) is 1. The zero-order valence-electron chi connectivity index (χ0n) is 20.0. The molecule has 0 radical (unpaired) electrons. The normalized spacial score (nSPS) is 27.6. The van der Waals surface area contributed by atoms with Gasteiger partial charge in [-0.25, -0.2) is 0 Å². The van der Waals surface area contributed by atoms with Crippen LogP contribution in [0.1, 0.15) is 30.4 Å². The van der Waals surface area contributed by atoms with Crippen molar-refractivity contribution in [1.29, 1.82) is 5.26 Å².